The van der Waals surface area contributed by atoms with Gasteiger partial charge in [0, 0.05) is 31.4 Å². The molecule has 1 aliphatic heterocycles. The van der Waals surface area contributed by atoms with Gasteiger partial charge in [-0.05, 0) is 43.7 Å². The van der Waals surface area contributed by atoms with Crippen molar-refractivity contribution in [2.45, 2.75) is 51.7 Å². The van der Waals surface area contributed by atoms with Gasteiger partial charge in [-0.1, -0.05) is 5.16 Å². The number of thiophene rings is 1. The molecule has 3 rings (SSSR count). The lowest BCUT2D eigenvalue weighted by atomic mass is 10.1. The van der Waals surface area contributed by atoms with E-state index in [0.29, 0.717) is 31.1 Å². The molecule has 130 valence electrons. The van der Waals surface area contributed by atoms with Gasteiger partial charge in [0.25, 0.3) is 0 Å². The molecule has 7 heteroatoms. The lowest BCUT2D eigenvalue weighted by molar-refractivity contribution is -0.133. The van der Waals surface area contributed by atoms with Crippen molar-refractivity contribution >= 4 is 17.2 Å². The summed E-state index contributed by atoms with van der Waals surface area (Å²) >= 11 is 1.76. The molecule has 0 N–H and O–H groups in total. The highest BCUT2D eigenvalue weighted by Crippen LogP contribution is 2.33. The highest BCUT2D eigenvalue weighted by atomic mass is 32.1. The van der Waals surface area contributed by atoms with E-state index in [1.807, 2.05) is 4.90 Å². The Morgan fingerprint density at radius 1 is 1.50 bits per heavy atom. The standard InChI is InChI=1S/C17H23N3O3S/c1-11-7-8-24-15(11)5-4-6-16(21)20-10-13(22-3)9-14(20)17-18-12(2)19-23-17/h7-8,13-14H,4-6,9-10H2,1-3H3/t13-,14-/m1/s1. The van der Waals surface area contributed by atoms with Gasteiger partial charge in [0.2, 0.25) is 11.8 Å². The van der Waals surface area contributed by atoms with Gasteiger partial charge in [0.15, 0.2) is 5.82 Å². The van der Waals surface area contributed by atoms with E-state index in [1.165, 1.54) is 10.4 Å². The molecule has 0 bridgehead atoms. The normalized spacial score (nSPS) is 20.7. The highest BCUT2D eigenvalue weighted by Gasteiger charge is 2.39. The monoisotopic (exact) mass is 349 g/mol. The van der Waals surface area contributed by atoms with Crippen LogP contribution in [0.4, 0.5) is 0 Å². The van der Waals surface area contributed by atoms with Gasteiger partial charge in [-0.15, -0.1) is 11.3 Å². The van der Waals surface area contributed by atoms with Crippen molar-refractivity contribution in [1.82, 2.24) is 15.0 Å². The third-order valence-electron chi connectivity index (χ3n) is 4.51. The van der Waals surface area contributed by atoms with Gasteiger partial charge in [-0.2, -0.15) is 4.98 Å². The van der Waals surface area contributed by atoms with Crippen LogP contribution in [-0.2, 0) is 16.0 Å². The zero-order chi connectivity index (χ0) is 17.1. The molecule has 0 radical (unpaired) electrons. The Bertz CT molecular complexity index is 697. The molecule has 0 unspecified atom stereocenters. The fourth-order valence-corrected chi connectivity index (χ4v) is 4.08. The minimum absolute atomic E-state index is 0.0192. The Labute approximate surface area is 145 Å². The maximum absolute atomic E-state index is 12.7. The fourth-order valence-electron chi connectivity index (χ4n) is 3.13. The van der Waals surface area contributed by atoms with Crippen molar-refractivity contribution in [2.24, 2.45) is 0 Å². The van der Waals surface area contributed by atoms with E-state index < -0.39 is 0 Å². The van der Waals surface area contributed by atoms with Crippen molar-refractivity contribution in [3.05, 3.63) is 33.6 Å². The van der Waals surface area contributed by atoms with Crippen LogP contribution in [0.15, 0.2) is 16.0 Å². The van der Waals surface area contributed by atoms with Gasteiger partial charge in [-0.25, -0.2) is 0 Å². The second kappa shape index (κ2) is 7.44. The SMILES string of the molecule is CO[C@@H]1C[C@H](c2nc(C)no2)N(C(=O)CCCc2sccc2C)C1. The maximum atomic E-state index is 12.7. The van der Waals surface area contributed by atoms with Crippen LogP contribution in [0, 0.1) is 13.8 Å². The first kappa shape index (κ1) is 17.1. The van der Waals surface area contributed by atoms with E-state index in [9.17, 15) is 4.79 Å². The smallest absolute Gasteiger partial charge is 0.249 e. The van der Waals surface area contributed by atoms with Crippen LogP contribution in [0.25, 0.3) is 0 Å². The predicted molar refractivity (Wildman–Crippen MR) is 90.9 cm³/mol. The Balaban J connectivity index is 1.62. The number of rotatable bonds is 6. The number of amides is 1. The second-order valence-corrected chi connectivity index (χ2v) is 7.22. The van der Waals surface area contributed by atoms with E-state index in [0.717, 1.165) is 12.8 Å². The molecule has 1 aliphatic rings. The van der Waals surface area contributed by atoms with Crippen LogP contribution in [0.2, 0.25) is 0 Å². The molecule has 3 heterocycles. The molecule has 6 nitrogen and oxygen atoms in total. The first-order valence-corrected chi connectivity index (χ1v) is 9.12. The summed E-state index contributed by atoms with van der Waals surface area (Å²) in [6.07, 6.45) is 3.04. The van der Waals surface area contributed by atoms with Gasteiger partial charge in [0.1, 0.15) is 6.04 Å². The molecular formula is C17H23N3O3S. The minimum Gasteiger partial charge on any atom is -0.380 e. The van der Waals surface area contributed by atoms with Crippen LogP contribution in [0.5, 0.6) is 0 Å². The van der Waals surface area contributed by atoms with Crippen molar-refractivity contribution in [3.8, 4) is 0 Å². The first-order chi connectivity index (χ1) is 11.6. The van der Waals surface area contributed by atoms with Crippen molar-refractivity contribution in [2.75, 3.05) is 13.7 Å². The van der Waals surface area contributed by atoms with Crippen LogP contribution < -0.4 is 0 Å². The van der Waals surface area contributed by atoms with Crippen LogP contribution >= 0.6 is 11.3 Å². The molecular weight excluding hydrogens is 326 g/mol. The lowest BCUT2D eigenvalue weighted by Gasteiger charge is -2.21. The molecule has 2 aromatic rings. The summed E-state index contributed by atoms with van der Waals surface area (Å²) in [6.45, 7) is 4.48. The van der Waals surface area contributed by atoms with Crippen molar-refractivity contribution in [1.29, 1.82) is 0 Å². The topological polar surface area (TPSA) is 68.5 Å². The second-order valence-electron chi connectivity index (χ2n) is 6.22. The van der Waals surface area contributed by atoms with Crippen LogP contribution in [-0.4, -0.2) is 40.7 Å². The average Bonchev–Trinajstić information content (AvgIpc) is 3.27. The number of carbonyl (C=O) groups is 1. The Morgan fingerprint density at radius 2 is 2.33 bits per heavy atom. The molecule has 2 aromatic heterocycles. The maximum Gasteiger partial charge on any atom is 0.249 e. The van der Waals surface area contributed by atoms with Crippen molar-refractivity contribution in [3.63, 3.8) is 0 Å². The molecule has 2 atom stereocenters. The third kappa shape index (κ3) is 3.67. The van der Waals surface area contributed by atoms with E-state index in [2.05, 4.69) is 28.5 Å². The van der Waals surface area contributed by atoms with E-state index in [1.54, 1.807) is 25.4 Å². The number of hydrogen-bond donors (Lipinski definition) is 0. The van der Waals surface area contributed by atoms with E-state index in [-0.39, 0.29) is 18.1 Å². The predicted octanol–water partition coefficient (Wildman–Crippen LogP) is 3.06. The highest BCUT2D eigenvalue weighted by molar-refractivity contribution is 7.10. The van der Waals surface area contributed by atoms with Crippen LogP contribution in [0.3, 0.4) is 0 Å². The third-order valence-corrected chi connectivity index (χ3v) is 5.59. The molecule has 0 spiro atoms. The summed E-state index contributed by atoms with van der Waals surface area (Å²) < 4.78 is 10.7. The zero-order valence-corrected chi connectivity index (χ0v) is 15.1. The zero-order valence-electron chi connectivity index (χ0n) is 14.3. The number of aryl methyl sites for hydroxylation is 3. The summed E-state index contributed by atoms with van der Waals surface area (Å²) in [5.74, 6) is 1.23. The number of likely N-dealkylation sites (tertiary alicyclic amines) is 1. The quantitative estimate of drug-likeness (QED) is 0.802. The van der Waals surface area contributed by atoms with E-state index >= 15 is 0 Å². The largest absolute Gasteiger partial charge is 0.380 e. The van der Waals surface area contributed by atoms with Gasteiger partial charge < -0.3 is 14.2 Å². The number of aromatic nitrogens is 2. The molecule has 0 aliphatic carbocycles. The molecule has 1 saturated heterocycles. The summed E-state index contributed by atoms with van der Waals surface area (Å²) in [5, 5.41) is 5.95. The van der Waals surface area contributed by atoms with Gasteiger partial charge in [-0.3, -0.25) is 4.79 Å². The van der Waals surface area contributed by atoms with Gasteiger partial charge in [0.05, 0.1) is 6.10 Å². The summed E-state index contributed by atoms with van der Waals surface area (Å²) in [6, 6.07) is 1.95. The first-order valence-electron chi connectivity index (χ1n) is 8.24. The lowest BCUT2D eigenvalue weighted by Crippen LogP contribution is -2.32. The summed E-state index contributed by atoms with van der Waals surface area (Å²) in [5.41, 5.74) is 1.31. The number of nitrogens with zero attached hydrogens (tertiary/aromatic N) is 3. The molecule has 0 saturated carbocycles. The van der Waals surface area contributed by atoms with Gasteiger partial charge >= 0.3 is 0 Å². The Morgan fingerprint density at radius 3 is 2.96 bits per heavy atom. The summed E-state index contributed by atoms with van der Waals surface area (Å²) in [7, 11) is 1.67. The van der Waals surface area contributed by atoms with Crippen LogP contribution in [0.1, 0.15) is 47.5 Å². The number of carbonyl (C=O) groups excluding carboxylic acids is 1. The summed E-state index contributed by atoms with van der Waals surface area (Å²) in [4.78, 5) is 20.2. The fraction of sp³-hybridized carbons (Fsp3) is 0.588. The molecule has 0 aromatic carbocycles. The van der Waals surface area contributed by atoms with Crippen molar-refractivity contribution < 1.29 is 14.1 Å². The number of hydrogen-bond acceptors (Lipinski definition) is 6. The minimum atomic E-state index is -0.174. The van der Waals surface area contributed by atoms with E-state index in [4.69, 9.17) is 9.26 Å². The number of methoxy groups -OCH3 is 1. The Hall–Kier alpha value is -1.73. The Kier molecular flexibility index (Phi) is 5.30. The number of ether oxygens (including phenoxy) is 1. The molecule has 1 fully saturated rings. The molecule has 24 heavy (non-hydrogen) atoms. The average molecular weight is 349 g/mol. The molecule has 1 amide bonds.